The summed E-state index contributed by atoms with van der Waals surface area (Å²) in [5.74, 6) is 0.461. The number of halogens is 1. The molecule has 0 radical (unpaired) electrons. The number of hydrogen-bond acceptors (Lipinski definition) is 3. The molecule has 1 aliphatic heterocycles. The summed E-state index contributed by atoms with van der Waals surface area (Å²) in [4.78, 5) is 20.8. The largest absolute Gasteiger partial charge is 0.340 e. The van der Waals surface area contributed by atoms with E-state index in [-0.39, 0.29) is 5.91 Å². The Kier molecular flexibility index (Phi) is 5.48. The number of carbonyl (C=O) groups excluding carboxylic acids is 1. The minimum absolute atomic E-state index is 0.0480. The lowest BCUT2D eigenvalue weighted by Crippen LogP contribution is -2.33. The Morgan fingerprint density at radius 2 is 2.08 bits per heavy atom. The molecular weight excluding hydrogens is 322 g/mol. The van der Waals surface area contributed by atoms with Crippen LogP contribution in [0.5, 0.6) is 0 Å². The number of nitrogens with zero attached hydrogens (tertiary/aromatic N) is 3. The molecule has 0 saturated carbocycles. The first-order chi connectivity index (χ1) is 11.6. The molecule has 0 N–H and O–H groups in total. The summed E-state index contributed by atoms with van der Waals surface area (Å²) in [7, 11) is 1.85. The second-order valence-corrected chi connectivity index (χ2v) is 6.86. The van der Waals surface area contributed by atoms with E-state index in [9.17, 15) is 4.79 Å². The molecule has 2 heterocycles. The van der Waals surface area contributed by atoms with Crippen molar-refractivity contribution in [2.45, 2.75) is 13.0 Å². The minimum Gasteiger partial charge on any atom is -0.340 e. The first-order valence-corrected chi connectivity index (χ1v) is 8.63. The molecule has 3 rings (SSSR count). The van der Waals surface area contributed by atoms with Crippen LogP contribution in [0.2, 0.25) is 5.02 Å². The second kappa shape index (κ2) is 7.77. The van der Waals surface area contributed by atoms with Gasteiger partial charge in [-0.25, -0.2) is 4.98 Å². The summed E-state index contributed by atoms with van der Waals surface area (Å²) >= 11 is 5.82. The highest BCUT2D eigenvalue weighted by Gasteiger charge is 2.25. The summed E-state index contributed by atoms with van der Waals surface area (Å²) in [6, 6.07) is 13.9. The highest BCUT2D eigenvalue weighted by molar-refractivity contribution is 6.30. The molecule has 1 aliphatic rings. The molecule has 0 bridgehead atoms. The average molecular weight is 344 g/mol. The maximum absolute atomic E-state index is 12.4. The van der Waals surface area contributed by atoms with E-state index in [4.69, 9.17) is 11.6 Å². The van der Waals surface area contributed by atoms with Gasteiger partial charge in [0.25, 0.3) is 5.91 Å². The molecule has 1 aromatic heterocycles. The Bertz CT molecular complexity index is 675. The number of carbonyl (C=O) groups is 1. The zero-order valence-electron chi connectivity index (χ0n) is 13.9. The van der Waals surface area contributed by atoms with Crippen LogP contribution in [0.15, 0.2) is 48.7 Å². The van der Waals surface area contributed by atoms with Gasteiger partial charge in [0.15, 0.2) is 0 Å². The smallest absolute Gasteiger partial charge is 0.272 e. The van der Waals surface area contributed by atoms with E-state index >= 15 is 0 Å². The Balaban J connectivity index is 1.51. The number of aromatic nitrogens is 1. The SMILES string of the molecule is CN(C[C@@H]1CCN(Cc2ccccc2)C1)C(=O)c1ccc(Cl)cn1. The normalized spacial score (nSPS) is 17.8. The van der Waals surface area contributed by atoms with Gasteiger partial charge in [-0.15, -0.1) is 0 Å². The minimum atomic E-state index is -0.0480. The first-order valence-electron chi connectivity index (χ1n) is 8.25. The summed E-state index contributed by atoms with van der Waals surface area (Å²) in [6.07, 6.45) is 2.64. The number of likely N-dealkylation sites (tertiary alicyclic amines) is 1. The first kappa shape index (κ1) is 16.9. The summed E-state index contributed by atoms with van der Waals surface area (Å²) in [6.45, 7) is 3.85. The van der Waals surface area contributed by atoms with Crippen molar-refractivity contribution in [1.29, 1.82) is 0 Å². The lowest BCUT2D eigenvalue weighted by Gasteiger charge is -2.21. The number of amides is 1. The molecule has 0 aliphatic carbocycles. The molecule has 2 aromatic rings. The van der Waals surface area contributed by atoms with Crippen molar-refractivity contribution in [3.8, 4) is 0 Å². The van der Waals surface area contributed by atoms with Gasteiger partial charge < -0.3 is 4.90 Å². The molecule has 1 fully saturated rings. The molecule has 24 heavy (non-hydrogen) atoms. The van der Waals surface area contributed by atoms with Crippen molar-refractivity contribution in [2.24, 2.45) is 5.92 Å². The fourth-order valence-electron chi connectivity index (χ4n) is 3.22. The third-order valence-corrected chi connectivity index (χ3v) is 4.67. The van der Waals surface area contributed by atoms with Crippen molar-refractivity contribution in [1.82, 2.24) is 14.8 Å². The number of pyridine rings is 1. The van der Waals surface area contributed by atoms with Gasteiger partial charge in [0.05, 0.1) is 5.02 Å². The van der Waals surface area contributed by atoms with E-state index in [1.165, 1.54) is 11.8 Å². The Morgan fingerprint density at radius 1 is 1.29 bits per heavy atom. The molecule has 1 saturated heterocycles. The van der Waals surface area contributed by atoms with E-state index in [2.05, 4.69) is 34.1 Å². The maximum Gasteiger partial charge on any atom is 0.272 e. The highest BCUT2D eigenvalue weighted by Crippen LogP contribution is 2.20. The third-order valence-electron chi connectivity index (χ3n) is 4.44. The van der Waals surface area contributed by atoms with Gasteiger partial charge >= 0.3 is 0 Å². The number of benzene rings is 1. The monoisotopic (exact) mass is 343 g/mol. The van der Waals surface area contributed by atoms with Crippen molar-refractivity contribution < 1.29 is 4.79 Å². The van der Waals surface area contributed by atoms with Crippen LogP contribution in [0, 0.1) is 5.92 Å². The van der Waals surface area contributed by atoms with Crippen LogP contribution < -0.4 is 0 Å². The summed E-state index contributed by atoms with van der Waals surface area (Å²) in [5, 5.41) is 0.543. The molecule has 126 valence electrons. The van der Waals surface area contributed by atoms with Gasteiger partial charge in [0.2, 0.25) is 0 Å². The van der Waals surface area contributed by atoms with Crippen molar-refractivity contribution in [2.75, 3.05) is 26.7 Å². The molecular formula is C19H22ClN3O. The van der Waals surface area contributed by atoms with Crippen molar-refractivity contribution in [3.05, 3.63) is 64.9 Å². The van der Waals surface area contributed by atoms with Gasteiger partial charge in [0.1, 0.15) is 5.69 Å². The van der Waals surface area contributed by atoms with Gasteiger partial charge in [-0.1, -0.05) is 41.9 Å². The Morgan fingerprint density at radius 3 is 2.79 bits per heavy atom. The van der Waals surface area contributed by atoms with E-state index in [0.29, 0.717) is 16.6 Å². The molecule has 1 aromatic carbocycles. The van der Waals surface area contributed by atoms with Crippen LogP contribution in [0.4, 0.5) is 0 Å². The van der Waals surface area contributed by atoms with Crippen molar-refractivity contribution >= 4 is 17.5 Å². The van der Waals surface area contributed by atoms with Crippen LogP contribution >= 0.6 is 11.6 Å². The highest BCUT2D eigenvalue weighted by atomic mass is 35.5. The van der Waals surface area contributed by atoms with Crippen LogP contribution in [-0.2, 0) is 6.54 Å². The Labute approximate surface area is 148 Å². The molecule has 0 unspecified atom stereocenters. The van der Waals surface area contributed by atoms with Crippen LogP contribution in [0.3, 0.4) is 0 Å². The fraction of sp³-hybridized carbons (Fsp3) is 0.368. The lowest BCUT2D eigenvalue weighted by molar-refractivity contribution is 0.0767. The quantitative estimate of drug-likeness (QED) is 0.835. The summed E-state index contributed by atoms with van der Waals surface area (Å²) in [5.41, 5.74) is 1.79. The van der Waals surface area contributed by atoms with Crippen LogP contribution in [-0.4, -0.2) is 47.4 Å². The molecule has 4 nitrogen and oxygen atoms in total. The topological polar surface area (TPSA) is 36.4 Å². The second-order valence-electron chi connectivity index (χ2n) is 6.42. The lowest BCUT2D eigenvalue weighted by atomic mass is 10.1. The number of hydrogen-bond donors (Lipinski definition) is 0. The summed E-state index contributed by atoms with van der Waals surface area (Å²) < 4.78 is 0. The maximum atomic E-state index is 12.4. The van der Waals surface area contributed by atoms with E-state index in [1.807, 2.05) is 13.1 Å². The molecule has 0 spiro atoms. The molecule has 1 atom stereocenters. The van der Waals surface area contributed by atoms with Gasteiger partial charge in [-0.2, -0.15) is 0 Å². The van der Waals surface area contributed by atoms with Gasteiger partial charge in [0, 0.05) is 32.9 Å². The number of rotatable bonds is 5. The predicted molar refractivity (Wildman–Crippen MR) is 96.0 cm³/mol. The van der Waals surface area contributed by atoms with Crippen molar-refractivity contribution in [3.63, 3.8) is 0 Å². The van der Waals surface area contributed by atoms with Crippen LogP contribution in [0.1, 0.15) is 22.5 Å². The zero-order chi connectivity index (χ0) is 16.9. The standard InChI is InChI=1S/C19H22ClN3O/c1-22(19(24)18-8-7-17(20)11-21-18)12-16-9-10-23(14-16)13-15-5-3-2-4-6-15/h2-8,11,16H,9-10,12-14H2,1H3/t16-/m0/s1. The fourth-order valence-corrected chi connectivity index (χ4v) is 3.33. The van der Waals surface area contributed by atoms with E-state index in [0.717, 1.165) is 32.6 Å². The predicted octanol–water partition coefficient (Wildman–Crippen LogP) is 3.33. The van der Waals surface area contributed by atoms with Crippen LogP contribution in [0.25, 0.3) is 0 Å². The molecule has 5 heteroatoms. The van der Waals surface area contributed by atoms with E-state index < -0.39 is 0 Å². The van der Waals surface area contributed by atoms with Gasteiger partial charge in [-0.3, -0.25) is 9.69 Å². The zero-order valence-corrected chi connectivity index (χ0v) is 14.6. The Hall–Kier alpha value is -1.91. The molecule has 1 amide bonds. The van der Waals surface area contributed by atoms with E-state index in [1.54, 1.807) is 17.0 Å². The average Bonchev–Trinajstić information content (AvgIpc) is 3.02. The third kappa shape index (κ3) is 4.34. The van der Waals surface area contributed by atoms with Gasteiger partial charge in [-0.05, 0) is 36.6 Å².